The molecule has 0 saturated carbocycles. The van der Waals surface area contributed by atoms with Crippen LogP contribution in [0.15, 0.2) is 6.07 Å². The van der Waals surface area contributed by atoms with E-state index in [1.165, 1.54) is 13.5 Å². The van der Waals surface area contributed by atoms with Crippen LogP contribution in [0.3, 0.4) is 0 Å². The van der Waals surface area contributed by atoms with E-state index < -0.39 is 5.97 Å². The number of methoxy groups -OCH3 is 1. The molecule has 1 amide bonds. The summed E-state index contributed by atoms with van der Waals surface area (Å²) in [7, 11) is 1.31. The van der Waals surface area contributed by atoms with Gasteiger partial charge >= 0.3 is 5.97 Å². The number of aromatic nitrogens is 1. The summed E-state index contributed by atoms with van der Waals surface area (Å²) in [5.74, 6) is 0.431. The lowest BCUT2D eigenvalue weighted by atomic mass is 9.94. The second-order valence-corrected chi connectivity index (χ2v) is 7.24. The Morgan fingerprint density at radius 1 is 1.19 bits per heavy atom. The minimum absolute atomic E-state index is 0.0559. The summed E-state index contributed by atoms with van der Waals surface area (Å²) in [4.78, 5) is 33.1. The van der Waals surface area contributed by atoms with Gasteiger partial charge in [-0.15, -0.1) is 0 Å². The number of amides is 1. The number of carbonyl (C=O) groups excluding carboxylic acids is 2. The van der Waals surface area contributed by atoms with Crippen molar-refractivity contribution in [2.24, 2.45) is 5.92 Å². The van der Waals surface area contributed by atoms with Crippen LogP contribution in [0.1, 0.15) is 53.7 Å². The Hall–Kier alpha value is -2.62. The number of carbonyl (C=O) groups is 2. The van der Waals surface area contributed by atoms with E-state index in [-0.39, 0.29) is 11.8 Å². The lowest BCUT2D eigenvalue weighted by Gasteiger charge is -2.36. The number of hydrogen-bond donors (Lipinski definition) is 0. The van der Waals surface area contributed by atoms with Crippen LogP contribution >= 0.6 is 0 Å². The Morgan fingerprint density at radius 2 is 1.85 bits per heavy atom. The van der Waals surface area contributed by atoms with E-state index in [0.717, 1.165) is 38.8 Å². The summed E-state index contributed by atoms with van der Waals surface area (Å²) in [5, 5.41) is 9.50. The summed E-state index contributed by atoms with van der Waals surface area (Å²) >= 11 is 0. The number of hydrogen-bond acceptors (Lipinski definition) is 6. The zero-order valence-corrected chi connectivity index (χ0v) is 16.0. The van der Waals surface area contributed by atoms with Crippen LogP contribution in [0, 0.1) is 24.2 Å². The lowest BCUT2D eigenvalue weighted by molar-refractivity contribution is -0.137. The van der Waals surface area contributed by atoms with Crippen molar-refractivity contribution in [3.63, 3.8) is 0 Å². The molecule has 27 heavy (non-hydrogen) atoms. The van der Waals surface area contributed by atoms with Crippen LogP contribution in [0.25, 0.3) is 0 Å². The van der Waals surface area contributed by atoms with E-state index in [0.29, 0.717) is 35.7 Å². The van der Waals surface area contributed by atoms with Crippen LogP contribution in [0.2, 0.25) is 0 Å². The highest BCUT2D eigenvalue weighted by Gasteiger charge is 2.30. The number of nitrogens with zero attached hydrogens (tertiary/aromatic N) is 4. The molecule has 2 saturated heterocycles. The monoisotopic (exact) mass is 370 g/mol. The number of piperidine rings is 2. The molecule has 1 aromatic rings. The fraction of sp³-hybridized carbons (Fsp3) is 0.600. The summed E-state index contributed by atoms with van der Waals surface area (Å²) < 4.78 is 4.76. The molecule has 2 aliphatic rings. The molecule has 7 nitrogen and oxygen atoms in total. The minimum Gasteiger partial charge on any atom is -0.465 e. The Bertz CT molecular complexity index is 757. The third kappa shape index (κ3) is 4.05. The molecule has 0 aromatic carbocycles. The van der Waals surface area contributed by atoms with Gasteiger partial charge in [-0.25, -0.2) is 9.78 Å². The molecular weight excluding hydrogens is 344 g/mol. The summed E-state index contributed by atoms with van der Waals surface area (Å²) in [6.07, 6.45) is 4.95. The van der Waals surface area contributed by atoms with Gasteiger partial charge in [-0.1, -0.05) is 0 Å². The van der Waals surface area contributed by atoms with Gasteiger partial charge in [0.25, 0.3) is 0 Å². The molecule has 3 rings (SSSR count). The van der Waals surface area contributed by atoms with Gasteiger partial charge in [0.2, 0.25) is 5.91 Å². The second kappa shape index (κ2) is 8.38. The average Bonchev–Trinajstić information content (AvgIpc) is 2.73. The first-order chi connectivity index (χ1) is 13.0. The average molecular weight is 370 g/mol. The summed E-state index contributed by atoms with van der Waals surface area (Å²) in [6, 6.07) is 3.69. The van der Waals surface area contributed by atoms with Gasteiger partial charge in [0.15, 0.2) is 0 Å². The SMILES string of the molecule is COC(=O)c1cc(C#N)c(N2CCC(C(=O)N3CCCCC3)CC2)nc1C. The van der Waals surface area contributed by atoms with Gasteiger partial charge in [0, 0.05) is 32.1 Å². The van der Waals surface area contributed by atoms with Crippen molar-refractivity contribution in [1.82, 2.24) is 9.88 Å². The molecule has 1 aromatic heterocycles. The van der Waals surface area contributed by atoms with Gasteiger partial charge in [-0.05, 0) is 45.1 Å². The van der Waals surface area contributed by atoms with Gasteiger partial charge in [-0.2, -0.15) is 5.26 Å². The number of aryl methyl sites for hydroxylation is 1. The summed E-state index contributed by atoms with van der Waals surface area (Å²) in [6.45, 7) is 4.87. The quantitative estimate of drug-likeness (QED) is 0.759. The fourth-order valence-electron chi connectivity index (χ4n) is 3.94. The van der Waals surface area contributed by atoms with Crippen molar-refractivity contribution in [3.8, 4) is 6.07 Å². The second-order valence-electron chi connectivity index (χ2n) is 7.24. The highest BCUT2D eigenvalue weighted by Crippen LogP contribution is 2.28. The van der Waals surface area contributed by atoms with Crippen molar-refractivity contribution in [3.05, 3.63) is 22.9 Å². The Kier molecular flexibility index (Phi) is 5.94. The number of anilines is 1. The number of esters is 1. The van der Waals surface area contributed by atoms with Crippen molar-refractivity contribution >= 4 is 17.7 Å². The first kappa shape index (κ1) is 19.2. The van der Waals surface area contributed by atoms with Crippen molar-refractivity contribution in [2.45, 2.75) is 39.0 Å². The predicted octanol–water partition coefficient (Wildman–Crippen LogP) is 2.28. The minimum atomic E-state index is -0.492. The van der Waals surface area contributed by atoms with E-state index >= 15 is 0 Å². The highest BCUT2D eigenvalue weighted by atomic mass is 16.5. The molecule has 0 radical (unpaired) electrons. The zero-order chi connectivity index (χ0) is 19.4. The van der Waals surface area contributed by atoms with Crippen molar-refractivity contribution < 1.29 is 14.3 Å². The molecule has 0 spiro atoms. The van der Waals surface area contributed by atoms with E-state index in [1.807, 2.05) is 9.80 Å². The Labute approximate surface area is 159 Å². The first-order valence-corrected chi connectivity index (χ1v) is 9.59. The Morgan fingerprint density at radius 3 is 2.44 bits per heavy atom. The molecule has 0 atom stereocenters. The third-order valence-electron chi connectivity index (χ3n) is 5.53. The van der Waals surface area contributed by atoms with Crippen LogP contribution in [-0.2, 0) is 9.53 Å². The van der Waals surface area contributed by atoms with E-state index in [1.54, 1.807) is 13.0 Å². The number of rotatable bonds is 3. The smallest absolute Gasteiger partial charge is 0.339 e. The molecule has 0 N–H and O–H groups in total. The van der Waals surface area contributed by atoms with Gasteiger partial charge in [0.05, 0.1) is 23.9 Å². The van der Waals surface area contributed by atoms with E-state index in [9.17, 15) is 14.9 Å². The zero-order valence-electron chi connectivity index (χ0n) is 16.0. The van der Waals surface area contributed by atoms with Crippen LogP contribution in [0.4, 0.5) is 5.82 Å². The summed E-state index contributed by atoms with van der Waals surface area (Å²) in [5.41, 5.74) is 1.22. The van der Waals surface area contributed by atoms with Gasteiger partial charge < -0.3 is 14.5 Å². The van der Waals surface area contributed by atoms with Crippen LogP contribution < -0.4 is 4.90 Å². The number of ether oxygens (including phenoxy) is 1. The van der Waals surface area contributed by atoms with E-state index in [4.69, 9.17) is 4.74 Å². The standard InChI is InChI=1S/C20H26N4O3/c1-14-17(20(26)27-2)12-16(13-21)18(22-14)23-10-6-15(7-11-23)19(25)24-8-4-3-5-9-24/h12,15H,3-11H2,1-2H3. The molecule has 3 heterocycles. The number of likely N-dealkylation sites (tertiary alicyclic amines) is 1. The molecule has 2 fully saturated rings. The molecule has 2 aliphatic heterocycles. The van der Waals surface area contributed by atoms with Gasteiger partial charge in [-0.3, -0.25) is 4.79 Å². The normalized spacial score (nSPS) is 18.1. The maximum Gasteiger partial charge on any atom is 0.339 e. The maximum absolute atomic E-state index is 12.7. The first-order valence-electron chi connectivity index (χ1n) is 9.59. The van der Waals surface area contributed by atoms with Crippen molar-refractivity contribution in [2.75, 3.05) is 38.2 Å². The third-order valence-corrected chi connectivity index (χ3v) is 5.53. The van der Waals surface area contributed by atoms with Gasteiger partial charge in [0.1, 0.15) is 11.9 Å². The Balaban J connectivity index is 1.70. The van der Waals surface area contributed by atoms with Crippen molar-refractivity contribution in [1.29, 1.82) is 5.26 Å². The van der Waals surface area contributed by atoms with Crippen LogP contribution in [-0.4, -0.2) is 55.0 Å². The molecule has 144 valence electrons. The molecular formula is C20H26N4O3. The maximum atomic E-state index is 12.7. The fourth-order valence-corrected chi connectivity index (χ4v) is 3.94. The number of nitriles is 1. The molecule has 0 aliphatic carbocycles. The highest BCUT2D eigenvalue weighted by molar-refractivity contribution is 5.91. The molecule has 0 unspecified atom stereocenters. The van der Waals surface area contributed by atoms with E-state index in [2.05, 4.69) is 11.1 Å². The lowest BCUT2D eigenvalue weighted by Crippen LogP contribution is -2.44. The predicted molar refractivity (Wildman–Crippen MR) is 100 cm³/mol. The molecule has 0 bridgehead atoms. The molecule has 7 heteroatoms. The topological polar surface area (TPSA) is 86.5 Å². The largest absolute Gasteiger partial charge is 0.465 e. The van der Waals surface area contributed by atoms with Crippen LogP contribution in [0.5, 0.6) is 0 Å². The number of pyridine rings is 1.